The van der Waals surface area contributed by atoms with Gasteiger partial charge < -0.3 is 9.57 Å². The van der Waals surface area contributed by atoms with Gasteiger partial charge in [0.15, 0.2) is 0 Å². The monoisotopic (exact) mass is 237 g/mol. The molecular formula is C14H23NO2. The van der Waals surface area contributed by atoms with Crippen LogP contribution in [0.15, 0.2) is 24.3 Å². The lowest BCUT2D eigenvalue weighted by atomic mass is 10.2. The van der Waals surface area contributed by atoms with Gasteiger partial charge in [-0.15, -0.1) is 0 Å². The van der Waals surface area contributed by atoms with E-state index in [9.17, 15) is 0 Å². The Labute approximate surface area is 104 Å². The van der Waals surface area contributed by atoms with Crippen LogP contribution >= 0.6 is 0 Å². The van der Waals surface area contributed by atoms with Gasteiger partial charge in [-0.05, 0) is 30.0 Å². The molecule has 0 aromatic heterocycles. The molecule has 0 heterocycles. The molecule has 3 heteroatoms. The molecule has 0 fully saturated rings. The molecule has 1 rings (SSSR count). The third-order valence-electron chi connectivity index (χ3n) is 2.19. The smallest absolute Gasteiger partial charge is 0.119 e. The van der Waals surface area contributed by atoms with Gasteiger partial charge in [0.1, 0.15) is 5.75 Å². The van der Waals surface area contributed by atoms with Crippen LogP contribution in [0.4, 0.5) is 0 Å². The van der Waals surface area contributed by atoms with Gasteiger partial charge in [-0.25, -0.2) is 0 Å². The van der Waals surface area contributed by atoms with Crippen molar-refractivity contribution in [2.45, 2.75) is 33.7 Å². The standard InChI is InChI=1S/C14H23NO2/c1-4-9-16-14-7-5-13(6-8-14)10-15-17-11-12(2)3/h5-8,12,15H,4,9-11H2,1-3H3. The molecule has 0 atom stereocenters. The summed E-state index contributed by atoms with van der Waals surface area (Å²) in [5.41, 5.74) is 4.15. The maximum atomic E-state index is 5.52. The SMILES string of the molecule is CCCOc1ccc(CNOCC(C)C)cc1. The van der Waals surface area contributed by atoms with E-state index in [-0.39, 0.29) is 0 Å². The summed E-state index contributed by atoms with van der Waals surface area (Å²) in [5, 5.41) is 0. The summed E-state index contributed by atoms with van der Waals surface area (Å²) in [5.74, 6) is 1.48. The van der Waals surface area contributed by atoms with Gasteiger partial charge in [-0.1, -0.05) is 32.9 Å². The molecule has 17 heavy (non-hydrogen) atoms. The Bertz CT molecular complexity index is 296. The van der Waals surface area contributed by atoms with Gasteiger partial charge in [-0.2, -0.15) is 5.48 Å². The summed E-state index contributed by atoms with van der Waals surface area (Å²) >= 11 is 0. The fourth-order valence-electron chi connectivity index (χ4n) is 1.28. The van der Waals surface area contributed by atoms with Crippen molar-refractivity contribution < 1.29 is 9.57 Å². The molecule has 0 radical (unpaired) electrons. The second-order valence-corrected chi connectivity index (χ2v) is 4.52. The molecule has 3 nitrogen and oxygen atoms in total. The van der Waals surface area contributed by atoms with Gasteiger partial charge >= 0.3 is 0 Å². The lowest BCUT2D eigenvalue weighted by Gasteiger charge is -2.09. The highest BCUT2D eigenvalue weighted by molar-refractivity contribution is 5.27. The minimum Gasteiger partial charge on any atom is -0.494 e. The first-order valence-corrected chi connectivity index (χ1v) is 6.28. The lowest BCUT2D eigenvalue weighted by Crippen LogP contribution is -2.17. The van der Waals surface area contributed by atoms with Crippen molar-refractivity contribution in [3.63, 3.8) is 0 Å². The van der Waals surface area contributed by atoms with Crippen molar-refractivity contribution in [2.75, 3.05) is 13.2 Å². The number of ether oxygens (including phenoxy) is 1. The lowest BCUT2D eigenvalue weighted by molar-refractivity contribution is 0.0196. The van der Waals surface area contributed by atoms with Crippen molar-refractivity contribution in [1.82, 2.24) is 5.48 Å². The Morgan fingerprint density at radius 2 is 1.88 bits per heavy atom. The molecule has 0 saturated heterocycles. The number of rotatable bonds is 8. The fourth-order valence-corrected chi connectivity index (χ4v) is 1.28. The molecule has 0 aliphatic rings. The molecule has 0 saturated carbocycles. The van der Waals surface area contributed by atoms with E-state index in [0.717, 1.165) is 31.9 Å². The zero-order valence-electron chi connectivity index (χ0n) is 11.0. The van der Waals surface area contributed by atoms with E-state index in [1.54, 1.807) is 0 Å². The highest BCUT2D eigenvalue weighted by atomic mass is 16.6. The minimum atomic E-state index is 0.548. The number of hydroxylamine groups is 1. The van der Waals surface area contributed by atoms with Crippen LogP contribution in [-0.2, 0) is 11.4 Å². The zero-order valence-corrected chi connectivity index (χ0v) is 11.0. The molecule has 96 valence electrons. The summed E-state index contributed by atoms with van der Waals surface area (Å²) in [4.78, 5) is 5.31. The molecule has 0 aliphatic heterocycles. The van der Waals surface area contributed by atoms with Crippen molar-refractivity contribution in [1.29, 1.82) is 0 Å². The Balaban J connectivity index is 2.25. The molecule has 0 unspecified atom stereocenters. The summed E-state index contributed by atoms with van der Waals surface area (Å²) in [6.07, 6.45) is 1.03. The topological polar surface area (TPSA) is 30.5 Å². The fraction of sp³-hybridized carbons (Fsp3) is 0.571. The first kappa shape index (κ1) is 14.0. The quantitative estimate of drug-likeness (QED) is 0.556. The number of nitrogens with one attached hydrogen (secondary N) is 1. The van der Waals surface area contributed by atoms with Crippen molar-refractivity contribution in [3.05, 3.63) is 29.8 Å². The molecule has 1 aromatic carbocycles. The van der Waals surface area contributed by atoms with E-state index in [1.807, 2.05) is 12.1 Å². The summed E-state index contributed by atoms with van der Waals surface area (Å²) < 4.78 is 5.52. The highest BCUT2D eigenvalue weighted by Crippen LogP contribution is 2.12. The van der Waals surface area contributed by atoms with Crippen LogP contribution in [0, 0.1) is 5.92 Å². The van der Waals surface area contributed by atoms with Crippen LogP contribution in [0.25, 0.3) is 0 Å². The summed E-state index contributed by atoms with van der Waals surface area (Å²) in [6, 6.07) is 8.09. The number of hydrogen-bond donors (Lipinski definition) is 1. The van der Waals surface area contributed by atoms with Crippen molar-refractivity contribution >= 4 is 0 Å². The van der Waals surface area contributed by atoms with Crippen LogP contribution in [-0.4, -0.2) is 13.2 Å². The van der Waals surface area contributed by atoms with E-state index in [0.29, 0.717) is 5.92 Å². The third kappa shape index (κ3) is 6.29. The van der Waals surface area contributed by atoms with E-state index in [2.05, 4.69) is 38.4 Å². The van der Waals surface area contributed by atoms with Crippen LogP contribution in [0.1, 0.15) is 32.8 Å². The third-order valence-corrected chi connectivity index (χ3v) is 2.19. The summed E-state index contributed by atoms with van der Waals surface area (Å²) in [6.45, 7) is 8.58. The van der Waals surface area contributed by atoms with E-state index >= 15 is 0 Å². The van der Waals surface area contributed by atoms with E-state index in [4.69, 9.17) is 9.57 Å². The largest absolute Gasteiger partial charge is 0.494 e. The maximum absolute atomic E-state index is 5.52. The van der Waals surface area contributed by atoms with Crippen LogP contribution in [0.2, 0.25) is 0 Å². The van der Waals surface area contributed by atoms with Gasteiger partial charge in [0.05, 0.1) is 13.2 Å². The van der Waals surface area contributed by atoms with Crippen LogP contribution < -0.4 is 10.2 Å². The molecule has 0 spiro atoms. The van der Waals surface area contributed by atoms with E-state index in [1.165, 1.54) is 5.56 Å². The molecular weight excluding hydrogens is 214 g/mol. The van der Waals surface area contributed by atoms with Gasteiger partial charge in [0.25, 0.3) is 0 Å². The second-order valence-electron chi connectivity index (χ2n) is 4.52. The predicted molar refractivity (Wildman–Crippen MR) is 69.9 cm³/mol. The molecule has 1 N–H and O–H groups in total. The minimum absolute atomic E-state index is 0.548. The second kappa shape index (κ2) is 8.09. The Morgan fingerprint density at radius 3 is 2.47 bits per heavy atom. The average molecular weight is 237 g/mol. The number of benzene rings is 1. The molecule has 1 aromatic rings. The maximum Gasteiger partial charge on any atom is 0.119 e. The van der Waals surface area contributed by atoms with Crippen LogP contribution in [0.5, 0.6) is 5.75 Å². The summed E-state index contributed by atoms with van der Waals surface area (Å²) in [7, 11) is 0. The highest BCUT2D eigenvalue weighted by Gasteiger charge is 1.96. The predicted octanol–water partition coefficient (Wildman–Crippen LogP) is 3.15. The Morgan fingerprint density at radius 1 is 1.18 bits per heavy atom. The van der Waals surface area contributed by atoms with Gasteiger partial charge in [0.2, 0.25) is 0 Å². The Kier molecular flexibility index (Phi) is 6.67. The first-order chi connectivity index (χ1) is 8.22. The first-order valence-electron chi connectivity index (χ1n) is 6.28. The molecule has 0 amide bonds. The van der Waals surface area contributed by atoms with Gasteiger partial charge in [-0.3, -0.25) is 0 Å². The van der Waals surface area contributed by atoms with Crippen LogP contribution in [0.3, 0.4) is 0 Å². The van der Waals surface area contributed by atoms with Crippen molar-refractivity contribution in [2.24, 2.45) is 5.92 Å². The van der Waals surface area contributed by atoms with Crippen molar-refractivity contribution in [3.8, 4) is 5.75 Å². The zero-order chi connectivity index (χ0) is 12.5. The average Bonchev–Trinajstić information content (AvgIpc) is 2.33. The molecule has 0 bridgehead atoms. The van der Waals surface area contributed by atoms with E-state index < -0.39 is 0 Å². The normalized spacial score (nSPS) is 10.8. The Hall–Kier alpha value is -1.06. The number of hydrogen-bond acceptors (Lipinski definition) is 3. The van der Waals surface area contributed by atoms with Gasteiger partial charge in [0, 0.05) is 6.54 Å². The molecule has 0 aliphatic carbocycles.